The highest BCUT2D eigenvalue weighted by atomic mass is 32.1. The molecule has 5 rings (SSSR count). The molecule has 3 aromatic rings. The Kier molecular flexibility index (Phi) is 3.60. The molecule has 1 saturated carbocycles. The van der Waals surface area contributed by atoms with Crippen molar-refractivity contribution in [1.82, 2.24) is 25.1 Å². The van der Waals surface area contributed by atoms with E-state index < -0.39 is 12.1 Å². The van der Waals surface area contributed by atoms with Crippen LogP contribution in [0.3, 0.4) is 0 Å². The molecule has 1 amide bonds. The number of aromatic nitrogens is 4. The number of piperidine rings is 1. The predicted molar refractivity (Wildman–Crippen MR) is 110 cm³/mol. The fourth-order valence-corrected chi connectivity index (χ4v) is 6.32. The molecule has 29 heavy (non-hydrogen) atoms. The van der Waals surface area contributed by atoms with E-state index in [4.69, 9.17) is 4.98 Å². The molecule has 2 fully saturated rings. The van der Waals surface area contributed by atoms with Gasteiger partial charge in [-0.25, -0.2) is 9.78 Å². The first-order valence-corrected chi connectivity index (χ1v) is 10.5. The molecular weight excluding hydrogens is 390 g/mol. The monoisotopic (exact) mass is 413 g/mol. The van der Waals surface area contributed by atoms with E-state index in [9.17, 15) is 14.7 Å². The summed E-state index contributed by atoms with van der Waals surface area (Å²) in [7, 11) is 0. The van der Waals surface area contributed by atoms with Crippen molar-refractivity contribution in [2.45, 2.75) is 40.2 Å². The molecule has 3 atom stereocenters. The minimum atomic E-state index is -0.964. The van der Waals surface area contributed by atoms with Crippen molar-refractivity contribution in [3.8, 4) is 10.4 Å². The summed E-state index contributed by atoms with van der Waals surface area (Å²) in [6.07, 6.45) is 1.73. The number of carboxylic acid groups (broad SMARTS) is 1. The summed E-state index contributed by atoms with van der Waals surface area (Å²) in [4.78, 5) is 34.9. The van der Waals surface area contributed by atoms with Gasteiger partial charge in [-0.3, -0.25) is 14.8 Å². The van der Waals surface area contributed by atoms with Crippen LogP contribution in [0.5, 0.6) is 0 Å². The van der Waals surface area contributed by atoms with Gasteiger partial charge in [0.2, 0.25) is 0 Å². The van der Waals surface area contributed by atoms with E-state index in [0.717, 1.165) is 22.6 Å². The summed E-state index contributed by atoms with van der Waals surface area (Å²) in [6, 6.07) is 1.45. The molecular formula is C20H23N5O3S. The number of aromatic amines is 2. The molecule has 1 aliphatic heterocycles. The van der Waals surface area contributed by atoms with E-state index in [1.165, 1.54) is 16.2 Å². The Balaban J connectivity index is 1.67. The number of nitrogens with zero attached hydrogens (tertiary/aromatic N) is 3. The smallest absolute Gasteiger partial charge is 0.407 e. The second-order valence-corrected chi connectivity index (χ2v) is 10.3. The molecule has 0 spiro atoms. The molecule has 3 N–H and O–H groups in total. The van der Waals surface area contributed by atoms with Gasteiger partial charge in [0.25, 0.3) is 5.56 Å². The predicted octanol–water partition coefficient (Wildman–Crippen LogP) is 3.77. The minimum absolute atomic E-state index is 0.103. The minimum Gasteiger partial charge on any atom is -0.465 e. The zero-order valence-electron chi connectivity index (χ0n) is 16.7. The molecule has 3 aromatic heterocycles. The van der Waals surface area contributed by atoms with Crippen LogP contribution in [0.2, 0.25) is 0 Å². The average Bonchev–Trinajstić information content (AvgIpc) is 2.97. The molecule has 0 bridgehead atoms. The van der Waals surface area contributed by atoms with Gasteiger partial charge in [-0.1, -0.05) is 20.8 Å². The molecule has 1 aliphatic carbocycles. The lowest BCUT2D eigenvalue weighted by Crippen LogP contribution is -2.40. The van der Waals surface area contributed by atoms with Gasteiger partial charge in [0.1, 0.15) is 10.5 Å². The number of fused-ring (bicyclic) bond motifs is 2. The van der Waals surface area contributed by atoms with E-state index in [1.807, 2.05) is 13.0 Å². The van der Waals surface area contributed by atoms with Crippen molar-refractivity contribution >= 4 is 27.6 Å². The first-order chi connectivity index (χ1) is 13.6. The molecule has 0 aromatic carbocycles. The van der Waals surface area contributed by atoms with E-state index in [-0.39, 0.29) is 16.4 Å². The number of carbonyl (C=O) groups is 1. The standard InChI is InChI=1S/C20H23N5O3S/c1-9-11(7-21-24-9)13-5-12-14(29-13)17(26)23-16(22-12)15-20(19(2,3)4)6-10(20)8-25(15)18(27)28/h5,7,10,15H,6,8H2,1-4H3,(H,21,24)(H,27,28)(H,22,23,26)/t10-,15-,20+/m0/s1. The van der Waals surface area contributed by atoms with Crippen LogP contribution in [0.25, 0.3) is 20.7 Å². The third-order valence-electron chi connectivity index (χ3n) is 6.77. The number of hydrogen-bond acceptors (Lipinski definition) is 5. The summed E-state index contributed by atoms with van der Waals surface area (Å²) >= 11 is 1.37. The molecule has 8 nitrogen and oxygen atoms in total. The van der Waals surface area contributed by atoms with Gasteiger partial charge < -0.3 is 10.1 Å². The van der Waals surface area contributed by atoms with Crippen LogP contribution in [0.1, 0.15) is 44.8 Å². The largest absolute Gasteiger partial charge is 0.465 e. The van der Waals surface area contributed by atoms with Crippen LogP contribution in [-0.4, -0.2) is 42.8 Å². The SMILES string of the molecule is Cc1[nH]ncc1-c1cc2nc([C@@H]3N(C(=O)O)C[C@@H]4C[C@@]43C(C)(C)C)[nH]c(=O)c2s1. The summed E-state index contributed by atoms with van der Waals surface area (Å²) < 4.78 is 0.543. The van der Waals surface area contributed by atoms with Gasteiger partial charge in [0.15, 0.2) is 0 Å². The average molecular weight is 414 g/mol. The molecule has 0 radical (unpaired) electrons. The van der Waals surface area contributed by atoms with Crippen molar-refractivity contribution in [1.29, 1.82) is 0 Å². The Bertz CT molecular complexity index is 1200. The van der Waals surface area contributed by atoms with Crippen LogP contribution in [0.15, 0.2) is 17.1 Å². The number of rotatable bonds is 2. The topological polar surface area (TPSA) is 115 Å². The number of amides is 1. The van der Waals surface area contributed by atoms with Crippen molar-refractivity contribution < 1.29 is 9.90 Å². The maximum absolute atomic E-state index is 12.9. The van der Waals surface area contributed by atoms with Crippen molar-refractivity contribution in [3.05, 3.63) is 34.1 Å². The number of H-pyrrole nitrogens is 2. The summed E-state index contributed by atoms with van der Waals surface area (Å²) in [5.41, 5.74) is 1.94. The number of thiophene rings is 1. The van der Waals surface area contributed by atoms with Crippen molar-refractivity contribution in [2.75, 3.05) is 6.54 Å². The number of hydrogen-bond donors (Lipinski definition) is 3. The number of likely N-dealkylation sites (tertiary alicyclic amines) is 1. The summed E-state index contributed by atoms with van der Waals surface area (Å²) in [5, 5.41) is 16.8. The first-order valence-electron chi connectivity index (χ1n) is 9.67. The fourth-order valence-electron chi connectivity index (χ4n) is 5.26. The molecule has 9 heteroatoms. The number of aryl methyl sites for hydroxylation is 1. The maximum atomic E-state index is 12.9. The Labute approximate surface area is 171 Å². The fraction of sp³-hybridized carbons (Fsp3) is 0.500. The van der Waals surface area contributed by atoms with Crippen LogP contribution in [0, 0.1) is 23.7 Å². The zero-order valence-corrected chi connectivity index (χ0v) is 17.6. The van der Waals surface area contributed by atoms with Gasteiger partial charge >= 0.3 is 6.09 Å². The van der Waals surface area contributed by atoms with Gasteiger partial charge in [-0.15, -0.1) is 11.3 Å². The zero-order chi connectivity index (χ0) is 20.7. The highest BCUT2D eigenvalue weighted by molar-refractivity contribution is 7.22. The summed E-state index contributed by atoms with van der Waals surface area (Å²) in [6.45, 7) is 8.85. The molecule has 2 aliphatic rings. The third-order valence-corrected chi connectivity index (χ3v) is 7.92. The highest BCUT2D eigenvalue weighted by Crippen LogP contribution is 2.74. The van der Waals surface area contributed by atoms with Crippen LogP contribution >= 0.6 is 11.3 Å². The molecule has 1 saturated heterocycles. The Morgan fingerprint density at radius 1 is 1.41 bits per heavy atom. The van der Waals surface area contributed by atoms with Crippen LogP contribution in [-0.2, 0) is 0 Å². The third kappa shape index (κ3) is 2.43. The molecule has 152 valence electrons. The van der Waals surface area contributed by atoms with E-state index in [1.54, 1.807) is 6.20 Å². The van der Waals surface area contributed by atoms with E-state index in [2.05, 4.69) is 36.0 Å². The second-order valence-electron chi connectivity index (χ2n) is 9.21. The lowest BCUT2D eigenvalue weighted by molar-refractivity contribution is 0.0839. The molecule has 4 heterocycles. The Morgan fingerprint density at radius 3 is 2.79 bits per heavy atom. The highest BCUT2D eigenvalue weighted by Gasteiger charge is 2.72. The Hall–Kier alpha value is -2.68. The van der Waals surface area contributed by atoms with E-state index in [0.29, 0.717) is 28.5 Å². The van der Waals surface area contributed by atoms with Crippen LogP contribution < -0.4 is 5.56 Å². The van der Waals surface area contributed by atoms with Gasteiger partial charge in [0.05, 0.1) is 17.8 Å². The lowest BCUT2D eigenvalue weighted by Gasteiger charge is -2.37. The van der Waals surface area contributed by atoms with Crippen molar-refractivity contribution in [3.63, 3.8) is 0 Å². The molecule has 0 unspecified atom stereocenters. The quantitative estimate of drug-likeness (QED) is 0.591. The summed E-state index contributed by atoms with van der Waals surface area (Å²) in [5.74, 6) is 0.754. The van der Waals surface area contributed by atoms with Crippen LogP contribution in [0.4, 0.5) is 4.79 Å². The maximum Gasteiger partial charge on any atom is 0.407 e. The van der Waals surface area contributed by atoms with E-state index >= 15 is 0 Å². The van der Waals surface area contributed by atoms with Crippen molar-refractivity contribution in [2.24, 2.45) is 16.7 Å². The number of nitrogens with one attached hydrogen (secondary N) is 2. The normalized spacial score (nSPS) is 26.1. The van der Waals surface area contributed by atoms with Gasteiger partial charge in [-0.2, -0.15) is 5.10 Å². The second kappa shape index (κ2) is 5.69. The Morgan fingerprint density at radius 2 is 2.17 bits per heavy atom. The first kappa shape index (κ1) is 18.4. The van der Waals surface area contributed by atoms with Gasteiger partial charge in [0, 0.05) is 28.1 Å². The van der Waals surface area contributed by atoms with Gasteiger partial charge in [-0.05, 0) is 30.7 Å². The lowest BCUT2D eigenvalue weighted by atomic mass is 9.72.